The summed E-state index contributed by atoms with van der Waals surface area (Å²) >= 11 is 0. The van der Waals surface area contributed by atoms with Gasteiger partial charge in [0.1, 0.15) is 12.4 Å². The average molecular weight is 476 g/mol. The van der Waals surface area contributed by atoms with Gasteiger partial charge in [0.05, 0.1) is 6.61 Å². The normalized spacial score (nSPS) is 14.7. The van der Waals surface area contributed by atoms with Crippen LogP contribution in [0.15, 0.2) is 29.4 Å². The van der Waals surface area contributed by atoms with Gasteiger partial charge in [-0.15, -0.1) is 24.0 Å². The van der Waals surface area contributed by atoms with E-state index in [9.17, 15) is 4.79 Å². The summed E-state index contributed by atoms with van der Waals surface area (Å²) in [6.07, 6.45) is 1.81. The molecule has 0 spiro atoms. The van der Waals surface area contributed by atoms with Gasteiger partial charge in [0.15, 0.2) is 5.96 Å². The van der Waals surface area contributed by atoms with Crippen molar-refractivity contribution in [3.63, 3.8) is 0 Å². The van der Waals surface area contributed by atoms with Crippen molar-refractivity contribution in [2.45, 2.75) is 0 Å². The van der Waals surface area contributed by atoms with Gasteiger partial charge in [-0.1, -0.05) is 6.07 Å². The second-order valence-corrected chi connectivity index (χ2v) is 6.01. The van der Waals surface area contributed by atoms with Crippen molar-refractivity contribution in [3.05, 3.63) is 24.4 Å². The molecule has 0 saturated carbocycles. The van der Waals surface area contributed by atoms with Crippen LogP contribution in [-0.2, 0) is 9.53 Å². The number of hydrogen-bond acceptors (Lipinski definition) is 5. The Labute approximate surface area is 172 Å². The van der Waals surface area contributed by atoms with Gasteiger partial charge in [-0.25, -0.2) is 9.98 Å². The first-order valence-electron chi connectivity index (χ1n) is 8.50. The van der Waals surface area contributed by atoms with Gasteiger partial charge in [0, 0.05) is 60.1 Å². The summed E-state index contributed by atoms with van der Waals surface area (Å²) in [5.41, 5.74) is 0. The molecule has 1 aromatic heterocycles. The van der Waals surface area contributed by atoms with Crippen LogP contribution in [0.5, 0.6) is 0 Å². The number of halogens is 1. The van der Waals surface area contributed by atoms with E-state index in [4.69, 9.17) is 4.74 Å². The number of carbonyl (C=O) groups excluding carboxylic acids is 1. The molecule has 0 unspecified atom stereocenters. The Morgan fingerprint density at radius 1 is 1.31 bits per heavy atom. The number of anilines is 1. The molecule has 1 fully saturated rings. The number of amides is 1. The van der Waals surface area contributed by atoms with Gasteiger partial charge in [-0.2, -0.15) is 0 Å². The molecule has 1 amide bonds. The number of pyridine rings is 1. The van der Waals surface area contributed by atoms with E-state index < -0.39 is 0 Å². The van der Waals surface area contributed by atoms with Crippen LogP contribution in [0.2, 0.25) is 0 Å². The summed E-state index contributed by atoms with van der Waals surface area (Å²) in [5, 5.41) is 3.29. The smallest absolute Gasteiger partial charge is 0.243 e. The van der Waals surface area contributed by atoms with Gasteiger partial charge in [-0.3, -0.25) is 4.79 Å². The fraction of sp³-hybridized carbons (Fsp3) is 0.588. The van der Waals surface area contributed by atoms with E-state index in [-0.39, 0.29) is 36.4 Å². The van der Waals surface area contributed by atoms with Crippen LogP contribution in [0.1, 0.15) is 0 Å². The summed E-state index contributed by atoms with van der Waals surface area (Å²) in [5.74, 6) is 1.74. The highest BCUT2D eigenvalue weighted by Crippen LogP contribution is 2.12. The third-order valence-corrected chi connectivity index (χ3v) is 4.00. The molecule has 1 saturated heterocycles. The first kappa shape index (κ1) is 22.4. The molecule has 0 radical (unpaired) electrons. The summed E-state index contributed by atoms with van der Waals surface area (Å²) in [7, 11) is 5.14. The lowest BCUT2D eigenvalue weighted by Gasteiger charge is -2.37. The highest BCUT2D eigenvalue weighted by atomic mass is 127. The zero-order valence-corrected chi connectivity index (χ0v) is 18.1. The van der Waals surface area contributed by atoms with E-state index in [0.29, 0.717) is 13.2 Å². The SMILES string of the molecule is COCCNC(=NCC(=O)N(C)C)N1CCN(c2ccccn2)CC1.I. The molecule has 26 heavy (non-hydrogen) atoms. The Hall–Kier alpha value is -1.62. The minimum atomic E-state index is -0.0156. The molecule has 2 heterocycles. The van der Waals surface area contributed by atoms with Crippen molar-refractivity contribution >= 4 is 41.7 Å². The lowest BCUT2D eigenvalue weighted by molar-refractivity contribution is -0.127. The topological polar surface area (TPSA) is 73.3 Å². The van der Waals surface area contributed by atoms with Crippen LogP contribution in [-0.4, -0.2) is 93.7 Å². The van der Waals surface area contributed by atoms with Gasteiger partial charge in [0.25, 0.3) is 0 Å². The van der Waals surface area contributed by atoms with Crippen LogP contribution in [0, 0.1) is 0 Å². The van der Waals surface area contributed by atoms with Crippen LogP contribution in [0.4, 0.5) is 5.82 Å². The van der Waals surface area contributed by atoms with Crippen LogP contribution < -0.4 is 10.2 Å². The number of ether oxygens (including phenoxy) is 1. The lowest BCUT2D eigenvalue weighted by Crippen LogP contribution is -2.53. The number of aromatic nitrogens is 1. The first-order valence-corrected chi connectivity index (χ1v) is 8.50. The third-order valence-electron chi connectivity index (χ3n) is 4.00. The van der Waals surface area contributed by atoms with Crippen LogP contribution in [0.3, 0.4) is 0 Å². The summed E-state index contributed by atoms with van der Waals surface area (Å²) < 4.78 is 5.09. The molecule has 0 bridgehead atoms. The molecule has 0 aliphatic carbocycles. The summed E-state index contributed by atoms with van der Waals surface area (Å²) in [6, 6.07) is 5.95. The number of rotatable bonds is 6. The number of nitrogens with one attached hydrogen (secondary N) is 1. The number of aliphatic imine (C=N–C) groups is 1. The Morgan fingerprint density at radius 3 is 2.62 bits per heavy atom. The standard InChI is InChI=1S/C17H28N6O2.HI/c1-21(2)16(24)14-20-17(19-8-13-25-3)23-11-9-22(10-12-23)15-6-4-5-7-18-15;/h4-7H,8-14H2,1-3H3,(H,19,20);1H. The molecule has 1 aliphatic heterocycles. The molecule has 1 N–H and O–H groups in total. The maximum absolute atomic E-state index is 11.8. The number of nitrogens with zero attached hydrogens (tertiary/aromatic N) is 5. The van der Waals surface area contributed by atoms with E-state index in [1.165, 1.54) is 0 Å². The van der Waals surface area contributed by atoms with Crippen molar-refractivity contribution in [3.8, 4) is 0 Å². The summed E-state index contributed by atoms with van der Waals surface area (Å²) in [6.45, 7) is 4.77. The molecular weight excluding hydrogens is 447 g/mol. The Kier molecular flexibility index (Phi) is 10.3. The molecular formula is C17H29IN6O2. The second-order valence-electron chi connectivity index (χ2n) is 6.01. The van der Waals surface area contributed by atoms with Gasteiger partial charge < -0.3 is 24.8 Å². The van der Waals surface area contributed by atoms with Crippen LogP contribution in [0.25, 0.3) is 0 Å². The Balaban J connectivity index is 0.00000338. The monoisotopic (exact) mass is 476 g/mol. The number of hydrogen-bond donors (Lipinski definition) is 1. The van der Waals surface area contributed by atoms with E-state index in [1.807, 2.05) is 24.4 Å². The number of piperazine rings is 1. The summed E-state index contributed by atoms with van der Waals surface area (Å²) in [4.78, 5) is 26.7. The van der Waals surface area contributed by atoms with Crippen molar-refractivity contribution in [2.24, 2.45) is 4.99 Å². The fourth-order valence-corrected chi connectivity index (χ4v) is 2.50. The highest BCUT2D eigenvalue weighted by Gasteiger charge is 2.20. The minimum Gasteiger partial charge on any atom is -0.383 e. The number of guanidine groups is 1. The number of likely N-dealkylation sites (N-methyl/N-ethyl adjacent to an activating group) is 1. The van der Waals surface area contributed by atoms with Gasteiger partial charge in [-0.05, 0) is 12.1 Å². The predicted molar refractivity (Wildman–Crippen MR) is 114 cm³/mol. The largest absolute Gasteiger partial charge is 0.383 e. The molecule has 0 aromatic carbocycles. The van der Waals surface area contributed by atoms with Crippen molar-refractivity contribution < 1.29 is 9.53 Å². The van der Waals surface area contributed by atoms with E-state index >= 15 is 0 Å². The number of methoxy groups -OCH3 is 1. The molecule has 0 atom stereocenters. The quantitative estimate of drug-likeness (QED) is 0.279. The average Bonchev–Trinajstić information content (AvgIpc) is 2.65. The lowest BCUT2D eigenvalue weighted by atomic mass is 10.3. The zero-order valence-electron chi connectivity index (χ0n) is 15.7. The van der Waals surface area contributed by atoms with Crippen molar-refractivity contribution in [1.82, 2.24) is 20.1 Å². The Bertz CT molecular complexity index is 562. The maximum Gasteiger partial charge on any atom is 0.243 e. The number of carbonyl (C=O) groups is 1. The molecule has 1 aromatic rings. The van der Waals surface area contributed by atoms with E-state index in [1.54, 1.807) is 26.1 Å². The maximum atomic E-state index is 11.8. The first-order chi connectivity index (χ1) is 12.1. The zero-order chi connectivity index (χ0) is 18.1. The van der Waals surface area contributed by atoms with Gasteiger partial charge in [0.2, 0.25) is 5.91 Å². The highest BCUT2D eigenvalue weighted by molar-refractivity contribution is 14.0. The van der Waals surface area contributed by atoms with E-state index in [0.717, 1.165) is 38.0 Å². The predicted octanol–water partition coefficient (Wildman–Crippen LogP) is 0.502. The minimum absolute atomic E-state index is 0. The fourth-order valence-electron chi connectivity index (χ4n) is 2.50. The molecule has 1 aliphatic rings. The molecule has 9 heteroatoms. The third kappa shape index (κ3) is 6.94. The van der Waals surface area contributed by atoms with Gasteiger partial charge >= 0.3 is 0 Å². The molecule has 146 valence electrons. The van der Waals surface area contributed by atoms with Crippen molar-refractivity contribution in [1.29, 1.82) is 0 Å². The second kappa shape index (κ2) is 11.9. The van der Waals surface area contributed by atoms with Crippen molar-refractivity contribution in [2.75, 3.05) is 72.0 Å². The molecule has 2 rings (SSSR count). The van der Waals surface area contributed by atoms with Crippen LogP contribution >= 0.6 is 24.0 Å². The molecule has 8 nitrogen and oxygen atoms in total. The van der Waals surface area contributed by atoms with E-state index in [2.05, 4.69) is 25.1 Å². The Morgan fingerprint density at radius 2 is 2.04 bits per heavy atom.